The fourth-order valence-corrected chi connectivity index (χ4v) is 1.44. The maximum Gasteiger partial charge on any atom is 0.246 e. The number of halogens is 1. The maximum absolute atomic E-state index is 5.98. The lowest BCUT2D eigenvalue weighted by atomic mass is 10.3. The molecule has 5 heteroatoms. The quantitative estimate of drug-likeness (QED) is 0.909. The lowest BCUT2D eigenvalue weighted by molar-refractivity contribution is 0.384. The van der Waals surface area contributed by atoms with Crippen LogP contribution < -0.4 is 15.2 Å². The van der Waals surface area contributed by atoms with E-state index < -0.39 is 0 Å². The average Bonchev–Trinajstić information content (AvgIpc) is 2.35. The van der Waals surface area contributed by atoms with Gasteiger partial charge in [-0.3, -0.25) is 0 Å². The molecule has 0 saturated heterocycles. The first kappa shape index (κ1) is 11.5. The lowest BCUT2D eigenvalue weighted by Crippen LogP contribution is -1.97. The summed E-state index contributed by atoms with van der Waals surface area (Å²) in [7, 11) is 1.53. The van der Waals surface area contributed by atoms with Crippen LogP contribution in [0.4, 0.5) is 5.69 Å². The van der Waals surface area contributed by atoms with Crippen molar-refractivity contribution in [1.82, 2.24) is 4.98 Å². The Morgan fingerprint density at radius 2 is 1.94 bits per heavy atom. The zero-order valence-corrected chi connectivity index (χ0v) is 9.94. The van der Waals surface area contributed by atoms with Gasteiger partial charge < -0.3 is 15.2 Å². The first-order valence-corrected chi connectivity index (χ1v) is 5.31. The third-order valence-corrected chi connectivity index (χ3v) is 2.43. The molecule has 2 aromatic rings. The first-order chi connectivity index (χ1) is 8.20. The van der Waals surface area contributed by atoms with E-state index in [1.165, 1.54) is 7.11 Å². The molecular formula is C12H11ClN2O2. The highest BCUT2D eigenvalue weighted by molar-refractivity contribution is 6.32. The highest BCUT2D eigenvalue weighted by Gasteiger charge is 2.08. The van der Waals surface area contributed by atoms with Gasteiger partial charge >= 0.3 is 0 Å². The molecule has 2 rings (SSSR count). The molecular weight excluding hydrogens is 240 g/mol. The van der Waals surface area contributed by atoms with Crippen LogP contribution in [0, 0.1) is 0 Å². The summed E-state index contributed by atoms with van der Waals surface area (Å²) >= 11 is 5.98. The van der Waals surface area contributed by atoms with Crippen molar-refractivity contribution in [3.63, 3.8) is 0 Å². The number of nitrogens with zero attached hydrogens (tertiary/aromatic N) is 1. The van der Waals surface area contributed by atoms with Crippen molar-refractivity contribution in [2.75, 3.05) is 12.8 Å². The van der Waals surface area contributed by atoms with Gasteiger partial charge in [-0.25, -0.2) is 0 Å². The Balaban J connectivity index is 2.32. The second-order valence-electron chi connectivity index (χ2n) is 3.28. The van der Waals surface area contributed by atoms with Gasteiger partial charge in [-0.1, -0.05) is 23.7 Å². The van der Waals surface area contributed by atoms with Crippen LogP contribution in [0.25, 0.3) is 0 Å². The minimum atomic E-state index is 0.275. The Morgan fingerprint density at radius 3 is 2.65 bits per heavy atom. The molecule has 17 heavy (non-hydrogen) atoms. The topological polar surface area (TPSA) is 57.4 Å². The first-order valence-electron chi connectivity index (χ1n) is 4.93. The SMILES string of the molecule is COc1ccc(N)c(Oc2ccccc2Cl)n1. The Bertz CT molecular complexity index is 532. The predicted molar refractivity (Wildman–Crippen MR) is 66.7 cm³/mol. The number of rotatable bonds is 3. The maximum atomic E-state index is 5.98. The summed E-state index contributed by atoms with van der Waals surface area (Å²) in [6, 6.07) is 10.4. The van der Waals surface area contributed by atoms with Gasteiger partial charge in [-0.2, -0.15) is 4.98 Å². The zero-order chi connectivity index (χ0) is 12.3. The second kappa shape index (κ2) is 4.93. The number of hydrogen-bond donors (Lipinski definition) is 1. The Kier molecular flexibility index (Phi) is 3.35. The minimum Gasteiger partial charge on any atom is -0.481 e. The number of pyridine rings is 1. The summed E-state index contributed by atoms with van der Waals surface area (Å²) in [6.07, 6.45) is 0. The molecule has 0 aliphatic rings. The molecule has 1 heterocycles. The number of nitrogen functional groups attached to an aromatic ring is 1. The smallest absolute Gasteiger partial charge is 0.246 e. The number of para-hydroxylation sites is 1. The second-order valence-corrected chi connectivity index (χ2v) is 3.69. The number of benzene rings is 1. The van der Waals surface area contributed by atoms with Crippen LogP contribution >= 0.6 is 11.6 Å². The summed E-state index contributed by atoms with van der Waals surface area (Å²) in [5, 5.41) is 0.497. The van der Waals surface area contributed by atoms with Crippen LogP contribution in [0.1, 0.15) is 0 Å². The number of ether oxygens (including phenoxy) is 2. The number of hydrogen-bond acceptors (Lipinski definition) is 4. The van der Waals surface area contributed by atoms with Gasteiger partial charge in [0.25, 0.3) is 0 Å². The number of aromatic nitrogens is 1. The number of nitrogens with two attached hydrogens (primary N) is 1. The Morgan fingerprint density at radius 1 is 1.18 bits per heavy atom. The van der Waals surface area contributed by atoms with Gasteiger partial charge in [-0.15, -0.1) is 0 Å². The molecule has 0 aliphatic carbocycles. The summed E-state index contributed by atoms with van der Waals surface area (Å²) in [5.41, 5.74) is 6.18. The minimum absolute atomic E-state index is 0.275. The van der Waals surface area contributed by atoms with E-state index in [4.69, 9.17) is 26.8 Å². The molecule has 1 aromatic carbocycles. The molecule has 1 aromatic heterocycles. The fourth-order valence-electron chi connectivity index (χ4n) is 1.26. The van der Waals surface area contributed by atoms with Gasteiger partial charge in [0.05, 0.1) is 17.8 Å². The number of methoxy groups -OCH3 is 1. The van der Waals surface area contributed by atoms with E-state index in [1.54, 1.807) is 24.3 Å². The molecule has 0 spiro atoms. The normalized spacial score (nSPS) is 10.0. The highest BCUT2D eigenvalue weighted by Crippen LogP contribution is 2.31. The third-order valence-electron chi connectivity index (χ3n) is 2.12. The molecule has 0 atom stereocenters. The van der Waals surface area contributed by atoms with Crippen molar-refractivity contribution in [3.8, 4) is 17.5 Å². The van der Waals surface area contributed by atoms with Crippen LogP contribution in [-0.4, -0.2) is 12.1 Å². The van der Waals surface area contributed by atoms with Crippen LogP contribution in [0.3, 0.4) is 0 Å². The molecule has 0 fully saturated rings. The van der Waals surface area contributed by atoms with Gasteiger partial charge in [0.1, 0.15) is 5.75 Å². The molecule has 0 saturated carbocycles. The largest absolute Gasteiger partial charge is 0.481 e. The molecule has 0 amide bonds. The summed E-state index contributed by atoms with van der Waals surface area (Å²) in [5.74, 6) is 1.21. The van der Waals surface area contributed by atoms with E-state index >= 15 is 0 Å². The molecule has 4 nitrogen and oxygen atoms in total. The fraction of sp³-hybridized carbons (Fsp3) is 0.0833. The number of anilines is 1. The Hall–Kier alpha value is -1.94. The standard InChI is InChI=1S/C12H11ClN2O2/c1-16-11-7-6-9(14)12(15-11)17-10-5-3-2-4-8(10)13/h2-7H,14H2,1H3. The van der Waals surface area contributed by atoms with Crippen molar-refractivity contribution in [1.29, 1.82) is 0 Å². The molecule has 2 N–H and O–H groups in total. The third kappa shape index (κ3) is 2.60. The van der Waals surface area contributed by atoms with Gasteiger partial charge in [0, 0.05) is 6.07 Å². The summed E-state index contributed by atoms with van der Waals surface area (Å²) < 4.78 is 10.5. The summed E-state index contributed by atoms with van der Waals surface area (Å²) in [6.45, 7) is 0. The monoisotopic (exact) mass is 250 g/mol. The van der Waals surface area contributed by atoms with Crippen molar-refractivity contribution >= 4 is 17.3 Å². The van der Waals surface area contributed by atoms with E-state index in [1.807, 2.05) is 12.1 Å². The Labute approximate surface area is 104 Å². The van der Waals surface area contributed by atoms with Crippen molar-refractivity contribution < 1.29 is 9.47 Å². The average molecular weight is 251 g/mol. The van der Waals surface area contributed by atoms with Crippen LogP contribution in [-0.2, 0) is 0 Å². The zero-order valence-electron chi connectivity index (χ0n) is 9.18. The van der Waals surface area contributed by atoms with Crippen LogP contribution in [0.15, 0.2) is 36.4 Å². The lowest BCUT2D eigenvalue weighted by Gasteiger charge is -2.09. The predicted octanol–water partition coefficient (Wildman–Crippen LogP) is 3.12. The highest BCUT2D eigenvalue weighted by atomic mass is 35.5. The molecule has 88 valence electrons. The van der Waals surface area contributed by atoms with Gasteiger partial charge in [0.2, 0.25) is 11.8 Å². The van der Waals surface area contributed by atoms with E-state index in [9.17, 15) is 0 Å². The van der Waals surface area contributed by atoms with Gasteiger partial charge in [0.15, 0.2) is 0 Å². The van der Waals surface area contributed by atoms with Crippen LogP contribution in [0.5, 0.6) is 17.5 Å². The van der Waals surface area contributed by atoms with Crippen molar-refractivity contribution in [3.05, 3.63) is 41.4 Å². The molecule has 0 aliphatic heterocycles. The molecule has 0 radical (unpaired) electrons. The van der Waals surface area contributed by atoms with Crippen LogP contribution in [0.2, 0.25) is 5.02 Å². The van der Waals surface area contributed by atoms with Crippen molar-refractivity contribution in [2.24, 2.45) is 0 Å². The van der Waals surface area contributed by atoms with Gasteiger partial charge in [-0.05, 0) is 18.2 Å². The molecule has 0 unspecified atom stereocenters. The van der Waals surface area contributed by atoms with E-state index in [-0.39, 0.29) is 5.88 Å². The van der Waals surface area contributed by atoms with E-state index in [0.717, 1.165) is 0 Å². The van der Waals surface area contributed by atoms with Crippen molar-refractivity contribution in [2.45, 2.75) is 0 Å². The van der Waals surface area contributed by atoms with E-state index in [2.05, 4.69) is 4.98 Å². The summed E-state index contributed by atoms with van der Waals surface area (Å²) in [4.78, 5) is 4.10. The molecule has 0 bridgehead atoms. The van der Waals surface area contributed by atoms with E-state index in [0.29, 0.717) is 22.3 Å².